The van der Waals surface area contributed by atoms with Crippen LogP contribution in [0.2, 0.25) is 0 Å². The number of nitrogens with one attached hydrogen (secondary N) is 2. The van der Waals surface area contributed by atoms with Gasteiger partial charge < -0.3 is 24.8 Å². The second kappa shape index (κ2) is 15.1. The molecule has 0 rings (SSSR count). The van der Waals surface area contributed by atoms with Crippen LogP contribution < -0.4 is 10.6 Å². The molecule has 0 aromatic rings. The fourth-order valence-corrected chi connectivity index (χ4v) is 1.52. The number of esters is 1. The molecule has 0 radical (unpaired) electrons. The van der Waals surface area contributed by atoms with Crippen molar-refractivity contribution in [3.05, 3.63) is 0 Å². The zero-order valence-corrected chi connectivity index (χ0v) is 13.4. The van der Waals surface area contributed by atoms with E-state index >= 15 is 0 Å². The Bertz CT molecular complexity index is 285. The predicted octanol–water partition coefficient (Wildman–Crippen LogP) is 0.548. The number of carbonyl (C=O) groups excluding carboxylic acids is 1. The average molecular weight is 303 g/mol. The fourth-order valence-electron chi connectivity index (χ4n) is 1.52. The SMILES string of the molecule is CCOC(=O)CCCNC(=NC)NCCCOCCOC. The summed E-state index contributed by atoms with van der Waals surface area (Å²) in [5, 5.41) is 6.33. The summed E-state index contributed by atoms with van der Waals surface area (Å²) in [6.45, 7) is 5.64. The second-order valence-electron chi connectivity index (χ2n) is 4.29. The molecule has 0 heterocycles. The van der Waals surface area contributed by atoms with Crippen molar-refractivity contribution in [3.63, 3.8) is 0 Å². The summed E-state index contributed by atoms with van der Waals surface area (Å²) >= 11 is 0. The summed E-state index contributed by atoms with van der Waals surface area (Å²) in [6, 6.07) is 0. The van der Waals surface area contributed by atoms with Gasteiger partial charge in [0.25, 0.3) is 0 Å². The molecule has 0 spiro atoms. The molecule has 0 aliphatic carbocycles. The van der Waals surface area contributed by atoms with Crippen LogP contribution in [0.3, 0.4) is 0 Å². The van der Waals surface area contributed by atoms with Crippen LogP contribution in [0.1, 0.15) is 26.2 Å². The maximum atomic E-state index is 11.2. The largest absolute Gasteiger partial charge is 0.466 e. The molecule has 0 saturated carbocycles. The van der Waals surface area contributed by atoms with Gasteiger partial charge in [0.05, 0.1) is 19.8 Å². The van der Waals surface area contributed by atoms with Crippen LogP contribution in [0, 0.1) is 0 Å². The van der Waals surface area contributed by atoms with Crippen molar-refractivity contribution in [2.45, 2.75) is 26.2 Å². The molecule has 0 atom stereocenters. The lowest BCUT2D eigenvalue weighted by atomic mass is 10.3. The molecular weight excluding hydrogens is 274 g/mol. The Morgan fingerprint density at radius 2 is 1.81 bits per heavy atom. The van der Waals surface area contributed by atoms with E-state index in [0.29, 0.717) is 39.4 Å². The van der Waals surface area contributed by atoms with Crippen LogP contribution in [0.25, 0.3) is 0 Å². The van der Waals surface area contributed by atoms with Crippen molar-refractivity contribution in [1.29, 1.82) is 0 Å². The summed E-state index contributed by atoms with van der Waals surface area (Å²) in [6.07, 6.45) is 2.04. The van der Waals surface area contributed by atoms with E-state index in [1.54, 1.807) is 21.1 Å². The molecule has 7 heteroatoms. The summed E-state index contributed by atoms with van der Waals surface area (Å²) in [5.41, 5.74) is 0. The van der Waals surface area contributed by atoms with Crippen molar-refractivity contribution in [2.75, 3.05) is 53.7 Å². The lowest BCUT2D eigenvalue weighted by Gasteiger charge is -2.11. The van der Waals surface area contributed by atoms with E-state index in [0.717, 1.165) is 25.3 Å². The van der Waals surface area contributed by atoms with Gasteiger partial charge in [-0.3, -0.25) is 9.79 Å². The van der Waals surface area contributed by atoms with E-state index in [9.17, 15) is 4.79 Å². The van der Waals surface area contributed by atoms with Gasteiger partial charge in [-0.15, -0.1) is 0 Å². The number of hydrogen-bond acceptors (Lipinski definition) is 5. The predicted molar refractivity (Wildman–Crippen MR) is 82.5 cm³/mol. The Morgan fingerprint density at radius 3 is 2.43 bits per heavy atom. The number of ether oxygens (including phenoxy) is 3. The normalized spacial score (nSPS) is 11.3. The van der Waals surface area contributed by atoms with Crippen LogP contribution in [0.5, 0.6) is 0 Å². The van der Waals surface area contributed by atoms with Gasteiger partial charge in [0.2, 0.25) is 0 Å². The number of nitrogens with zero attached hydrogens (tertiary/aromatic N) is 1. The summed E-state index contributed by atoms with van der Waals surface area (Å²) in [4.78, 5) is 15.3. The first-order chi connectivity index (χ1) is 10.2. The molecule has 7 nitrogen and oxygen atoms in total. The van der Waals surface area contributed by atoms with Gasteiger partial charge in [-0.05, 0) is 19.8 Å². The molecule has 21 heavy (non-hydrogen) atoms. The maximum absolute atomic E-state index is 11.2. The number of hydrogen-bond donors (Lipinski definition) is 2. The van der Waals surface area contributed by atoms with Gasteiger partial charge in [-0.1, -0.05) is 0 Å². The topological polar surface area (TPSA) is 81.2 Å². The Kier molecular flexibility index (Phi) is 14.1. The Labute approximate surface area is 127 Å². The lowest BCUT2D eigenvalue weighted by molar-refractivity contribution is -0.143. The van der Waals surface area contributed by atoms with Crippen LogP contribution >= 0.6 is 0 Å². The number of guanidine groups is 1. The average Bonchev–Trinajstić information content (AvgIpc) is 2.48. The van der Waals surface area contributed by atoms with Crippen LogP contribution in [-0.2, 0) is 19.0 Å². The summed E-state index contributed by atoms with van der Waals surface area (Å²) in [7, 11) is 3.37. The monoisotopic (exact) mass is 303 g/mol. The van der Waals surface area contributed by atoms with E-state index in [2.05, 4.69) is 15.6 Å². The van der Waals surface area contributed by atoms with Crippen molar-refractivity contribution < 1.29 is 19.0 Å². The molecule has 0 unspecified atom stereocenters. The van der Waals surface area contributed by atoms with E-state index in [1.165, 1.54) is 0 Å². The smallest absolute Gasteiger partial charge is 0.305 e. The third-order valence-corrected chi connectivity index (χ3v) is 2.57. The molecule has 0 aliphatic rings. The number of methoxy groups -OCH3 is 1. The van der Waals surface area contributed by atoms with Crippen LogP contribution in [0.4, 0.5) is 0 Å². The highest BCUT2D eigenvalue weighted by Gasteiger charge is 2.01. The molecule has 0 saturated heterocycles. The first-order valence-electron chi connectivity index (χ1n) is 7.41. The maximum Gasteiger partial charge on any atom is 0.305 e. The van der Waals surface area contributed by atoms with Crippen LogP contribution in [0.15, 0.2) is 4.99 Å². The first kappa shape index (κ1) is 19.7. The van der Waals surface area contributed by atoms with Gasteiger partial charge in [0, 0.05) is 40.3 Å². The van der Waals surface area contributed by atoms with Crippen molar-refractivity contribution >= 4 is 11.9 Å². The Morgan fingerprint density at radius 1 is 1.10 bits per heavy atom. The van der Waals surface area contributed by atoms with Gasteiger partial charge in [0.1, 0.15) is 0 Å². The lowest BCUT2D eigenvalue weighted by Crippen LogP contribution is -2.38. The van der Waals surface area contributed by atoms with Gasteiger partial charge >= 0.3 is 5.97 Å². The Balaban J connectivity index is 3.48. The molecule has 2 N–H and O–H groups in total. The third-order valence-electron chi connectivity index (χ3n) is 2.57. The minimum Gasteiger partial charge on any atom is -0.466 e. The first-order valence-corrected chi connectivity index (χ1v) is 7.41. The standard InChI is InChI=1S/C14H29N3O4/c1-4-21-13(18)7-5-8-16-14(15-2)17-9-6-10-20-12-11-19-3/h4-12H2,1-3H3,(H2,15,16,17). The Hall–Kier alpha value is -1.34. The van der Waals surface area contributed by atoms with Crippen molar-refractivity contribution in [1.82, 2.24) is 10.6 Å². The van der Waals surface area contributed by atoms with E-state index in [-0.39, 0.29) is 5.97 Å². The molecule has 0 amide bonds. The van der Waals surface area contributed by atoms with E-state index in [4.69, 9.17) is 14.2 Å². The molecule has 0 aliphatic heterocycles. The van der Waals surface area contributed by atoms with E-state index in [1.807, 2.05) is 0 Å². The highest BCUT2D eigenvalue weighted by atomic mass is 16.5. The van der Waals surface area contributed by atoms with Crippen molar-refractivity contribution in [2.24, 2.45) is 4.99 Å². The van der Waals surface area contributed by atoms with E-state index < -0.39 is 0 Å². The number of rotatable bonds is 12. The second-order valence-corrected chi connectivity index (χ2v) is 4.29. The fraction of sp³-hybridized carbons (Fsp3) is 0.857. The van der Waals surface area contributed by atoms with Crippen LogP contribution in [-0.4, -0.2) is 65.6 Å². The van der Waals surface area contributed by atoms with Gasteiger partial charge in [-0.2, -0.15) is 0 Å². The zero-order chi connectivity index (χ0) is 15.8. The number of aliphatic imine (C=N–C) groups is 1. The van der Waals surface area contributed by atoms with Gasteiger partial charge in [0.15, 0.2) is 5.96 Å². The molecule has 0 aromatic heterocycles. The highest BCUT2D eigenvalue weighted by molar-refractivity contribution is 5.79. The van der Waals surface area contributed by atoms with Gasteiger partial charge in [-0.25, -0.2) is 0 Å². The third kappa shape index (κ3) is 13.4. The summed E-state index contributed by atoms with van der Waals surface area (Å²) in [5.74, 6) is 0.575. The molecular formula is C14H29N3O4. The number of carbonyl (C=O) groups is 1. The molecule has 0 bridgehead atoms. The minimum atomic E-state index is -0.157. The molecule has 0 aromatic carbocycles. The van der Waals surface area contributed by atoms with Crippen molar-refractivity contribution in [3.8, 4) is 0 Å². The summed E-state index contributed by atoms with van der Waals surface area (Å²) < 4.78 is 15.1. The highest BCUT2D eigenvalue weighted by Crippen LogP contribution is 1.91. The molecule has 0 fully saturated rings. The molecule has 124 valence electrons. The quantitative estimate of drug-likeness (QED) is 0.237. The zero-order valence-electron chi connectivity index (χ0n) is 13.4. The minimum absolute atomic E-state index is 0.157.